The number of sulfone groups is 1. The second-order valence-corrected chi connectivity index (χ2v) is 10.4. The Morgan fingerprint density at radius 1 is 0.919 bits per heavy atom. The predicted molar refractivity (Wildman–Crippen MR) is 132 cm³/mol. The summed E-state index contributed by atoms with van der Waals surface area (Å²) in [6.45, 7) is 1.54. The lowest BCUT2D eigenvalue weighted by atomic mass is 10.2. The third-order valence-electron chi connectivity index (χ3n) is 5.65. The summed E-state index contributed by atoms with van der Waals surface area (Å²) in [5.41, 5.74) is 0.752. The van der Waals surface area contributed by atoms with E-state index in [1.54, 1.807) is 41.1 Å². The van der Waals surface area contributed by atoms with E-state index in [2.05, 4.69) is 25.1 Å². The third-order valence-corrected chi connectivity index (χ3v) is 7.70. The number of ether oxygens (including phenoxy) is 3. The fourth-order valence-corrected chi connectivity index (χ4v) is 4.96. The zero-order valence-corrected chi connectivity index (χ0v) is 21.4. The molecule has 0 saturated carbocycles. The quantitative estimate of drug-likeness (QED) is 0.303. The Hall–Kier alpha value is -4.13. The summed E-state index contributed by atoms with van der Waals surface area (Å²) in [5.74, 6) is 0.709. The topological polar surface area (TPSA) is 131 Å². The summed E-state index contributed by atoms with van der Waals surface area (Å²) in [4.78, 5) is 12.1. The predicted octanol–water partition coefficient (Wildman–Crippen LogP) is 2.83. The van der Waals surface area contributed by atoms with Gasteiger partial charge in [0.05, 0.1) is 39.0 Å². The normalized spacial score (nSPS) is 12.2. The average Bonchev–Trinajstić information content (AvgIpc) is 3.31. The van der Waals surface area contributed by atoms with Gasteiger partial charge in [-0.05, 0) is 31.2 Å². The van der Waals surface area contributed by atoms with Crippen molar-refractivity contribution < 1.29 is 27.0 Å². The van der Waals surface area contributed by atoms with Crippen molar-refractivity contribution in [3.05, 3.63) is 66.4 Å². The average molecular weight is 529 g/mol. The first-order valence-electron chi connectivity index (χ1n) is 11.1. The fraction of sp³-hybridized carbons (Fsp3) is 0.292. The number of aromatic nitrogens is 6. The number of pyridine rings is 1. The number of halogens is 1. The highest BCUT2D eigenvalue weighted by Crippen LogP contribution is 2.38. The molecule has 0 amide bonds. The van der Waals surface area contributed by atoms with Gasteiger partial charge in [0, 0.05) is 12.6 Å². The lowest BCUT2D eigenvalue weighted by molar-refractivity contribution is 0.390. The van der Waals surface area contributed by atoms with Gasteiger partial charge in [-0.15, -0.1) is 10.2 Å². The van der Waals surface area contributed by atoms with E-state index in [4.69, 9.17) is 14.2 Å². The van der Waals surface area contributed by atoms with Gasteiger partial charge in [-0.25, -0.2) is 27.8 Å². The lowest BCUT2D eigenvalue weighted by Crippen LogP contribution is -2.24. The van der Waals surface area contributed by atoms with Crippen LogP contribution in [0.1, 0.15) is 18.6 Å². The Bertz CT molecular complexity index is 1470. The van der Waals surface area contributed by atoms with Crippen LogP contribution < -0.4 is 14.2 Å². The van der Waals surface area contributed by atoms with Crippen molar-refractivity contribution in [2.75, 3.05) is 21.3 Å². The van der Waals surface area contributed by atoms with Crippen LogP contribution in [0.4, 0.5) is 4.39 Å². The number of benzene rings is 1. The van der Waals surface area contributed by atoms with Crippen molar-refractivity contribution in [1.29, 1.82) is 0 Å². The fourth-order valence-electron chi connectivity index (χ4n) is 3.72. The smallest absolute Gasteiger partial charge is 0.191 e. The summed E-state index contributed by atoms with van der Waals surface area (Å²) >= 11 is 0. The zero-order chi connectivity index (χ0) is 26.6. The van der Waals surface area contributed by atoms with Crippen molar-refractivity contribution in [3.8, 4) is 34.5 Å². The van der Waals surface area contributed by atoms with Gasteiger partial charge in [-0.3, -0.25) is 4.57 Å². The SMILES string of the molecule is COc1cccnc1-c1nnc(CS(=O)(=O)[C@H](C)Cc2ncc(F)cn2)n1-c1c(OC)cccc1OC. The van der Waals surface area contributed by atoms with Gasteiger partial charge >= 0.3 is 0 Å². The lowest BCUT2D eigenvalue weighted by Gasteiger charge is -2.18. The molecule has 0 saturated heterocycles. The molecule has 4 rings (SSSR count). The molecular formula is C24H25FN6O5S. The number of hydrogen-bond donors (Lipinski definition) is 0. The first-order valence-corrected chi connectivity index (χ1v) is 12.8. The van der Waals surface area contributed by atoms with Crippen LogP contribution in [0, 0.1) is 5.82 Å². The van der Waals surface area contributed by atoms with E-state index in [1.807, 2.05) is 0 Å². The summed E-state index contributed by atoms with van der Waals surface area (Å²) in [6.07, 6.45) is 3.56. The van der Waals surface area contributed by atoms with Crippen LogP contribution >= 0.6 is 0 Å². The molecule has 194 valence electrons. The molecule has 0 fully saturated rings. The van der Waals surface area contributed by atoms with Crippen molar-refractivity contribution in [2.24, 2.45) is 0 Å². The number of hydrogen-bond acceptors (Lipinski definition) is 10. The van der Waals surface area contributed by atoms with Gasteiger partial charge in [0.1, 0.15) is 40.2 Å². The van der Waals surface area contributed by atoms with Crippen molar-refractivity contribution in [2.45, 2.75) is 24.3 Å². The maximum Gasteiger partial charge on any atom is 0.191 e. The van der Waals surface area contributed by atoms with Crippen LogP contribution in [0.3, 0.4) is 0 Å². The maximum atomic E-state index is 13.4. The minimum atomic E-state index is -3.81. The second kappa shape index (κ2) is 10.9. The molecule has 13 heteroatoms. The Morgan fingerprint density at radius 3 is 2.16 bits per heavy atom. The van der Waals surface area contributed by atoms with Crippen molar-refractivity contribution in [1.82, 2.24) is 29.7 Å². The molecule has 4 aromatic rings. The van der Waals surface area contributed by atoms with Gasteiger partial charge in [0.2, 0.25) is 0 Å². The largest absolute Gasteiger partial charge is 0.494 e. The Morgan fingerprint density at radius 2 is 1.54 bits per heavy atom. The molecule has 1 atom stereocenters. The van der Waals surface area contributed by atoms with E-state index in [0.29, 0.717) is 28.6 Å². The summed E-state index contributed by atoms with van der Waals surface area (Å²) < 4.78 is 58.2. The number of rotatable bonds is 10. The first-order chi connectivity index (χ1) is 17.8. The molecule has 0 bridgehead atoms. The van der Waals surface area contributed by atoms with Crippen LogP contribution in [0.15, 0.2) is 48.9 Å². The van der Waals surface area contributed by atoms with E-state index in [0.717, 1.165) is 12.4 Å². The highest BCUT2D eigenvalue weighted by molar-refractivity contribution is 7.91. The molecule has 3 aromatic heterocycles. The molecular weight excluding hydrogens is 503 g/mol. The molecule has 0 aliphatic heterocycles. The molecule has 11 nitrogen and oxygen atoms in total. The van der Waals surface area contributed by atoms with Crippen molar-refractivity contribution >= 4 is 9.84 Å². The van der Waals surface area contributed by atoms with E-state index >= 15 is 0 Å². The van der Waals surface area contributed by atoms with Gasteiger partial charge in [-0.2, -0.15) is 0 Å². The van der Waals surface area contributed by atoms with E-state index in [-0.39, 0.29) is 23.9 Å². The van der Waals surface area contributed by atoms with E-state index in [9.17, 15) is 12.8 Å². The van der Waals surface area contributed by atoms with Gasteiger partial charge in [-0.1, -0.05) is 6.07 Å². The molecule has 3 heterocycles. The van der Waals surface area contributed by atoms with Crippen LogP contribution in [-0.2, 0) is 22.0 Å². The molecule has 1 aromatic carbocycles. The molecule has 37 heavy (non-hydrogen) atoms. The van der Waals surface area contributed by atoms with E-state index in [1.165, 1.54) is 28.3 Å². The van der Waals surface area contributed by atoms with Gasteiger partial charge in [0.25, 0.3) is 0 Å². The minimum absolute atomic E-state index is 0.00431. The molecule has 0 aliphatic carbocycles. The van der Waals surface area contributed by atoms with Gasteiger partial charge in [0.15, 0.2) is 27.3 Å². The van der Waals surface area contributed by atoms with Crippen LogP contribution in [0.5, 0.6) is 17.2 Å². The Balaban J connectivity index is 1.84. The number of methoxy groups -OCH3 is 3. The summed E-state index contributed by atoms with van der Waals surface area (Å²) in [6, 6.07) is 8.58. The van der Waals surface area contributed by atoms with Crippen molar-refractivity contribution in [3.63, 3.8) is 0 Å². The summed E-state index contributed by atoms with van der Waals surface area (Å²) in [5, 5.41) is 7.62. The first kappa shape index (κ1) is 25.9. The van der Waals surface area contributed by atoms with Crippen LogP contribution in [0.25, 0.3) is 17.2 Å². The minimum Gasteiger partial charge on any atom is -0.494 e. The molecule has 0 unspecified atom stereocenters. The molecule has 0 spiro atoms. The van der Waals surface area contributed by atoms with Crippen LogP contribution in [0.2, 0.25) is 0 Å². The van der Waals surface area contributed by atoms with Gasteiger partial charge < -0.3 is 14.2 Å². The van der Waals surface area contributed by atoms with E-state index < -0.39 is 26.7 Å². The second-order valence-electron chi connectivity index (χ2n) is 7.98. The third kappa shape index (κ3) is 5.35. The highest BCUT2D eigenvalue weighted by Gasteiger charge is 2.30. The number of para-hydroxylation sites is 1. The zero-order valence-electron chi connectivity index (χ0n) is 20.6. The Kier molecular flexibility index (Phi) is 7.62. The Labute approximate surface area is 213 Å². The van der Waals surface area contributed by atoms with Crippen LogP contribution in [-0.4, -0.2) is 64.7 Å². The summed E-state index contributed by atoms with van der Waals surface area (Å²) in [7, 11) is 0.671. The maximum absolute atomic E-state index is 13.4. The molecule has 0 aliphatic rings. The highest BCUT2D eigenvalue weighted by atomic mass is 32.2. The molecule has 0 N–H and O–H groups in total. The molecule has 0 radical (unpaired) electrons. The monoisotopic (exact) mass is 528 g/mol. The number of nitrogens with zero attached hydrogens (tertiary/aromatic N) is 6. The standard InChI is InChI=1S/C24H25FN6O5S/c1-15(11-20-27-12-16(25)13-28-20)37(32,33)14-21-29-30-24(22-17(34-2)9-6-10-26-22)31(21)23-18(35-3)7-5-8-19(23)36-4/h5-10,12-13,15H,11,14H2,1-4H3/t15-/m1/s1.